The minimum Gasteiger partial charge on any atom is -0.381 e. The zero-order valence-corrected chi connectivity index (χ0v) is 11.0. The molecule has 0 radical (unpaired) electrons. The van der Waals surface area contributed by atoms with Gasteiger partial charge in [-0.2, -0.15) is 0 Å². The lowest BCUT2D eigenvalue weighted by Gasteiger charge is -2.37. The van der Waals surface area contributed by atoms with E-state index in [1.807, 2.05) is 0 Å². The van der Waals surface area contributed by atoms with E-state index in [0.29, 0.717) is 0 Å². The van der Waals surface area contributed by atoms with Crippen LogP contribution in [0.1, 0.15) is 32.6 Å². The zero-order chi connectivity index (χ0) is 12.2. The van der Waals surface area contributed by atoms with Gasteiger partial charge in [0.25, 0.3) is 0 Å². The Bertz CT molecular complexity index is 234. The van der Waals surface area contributed by atoms with E-state index >= 15 is 0 Å². The quantitative estimate of drug-likeness (QED) is 0.752. The van der Waals surface area contributed by atoms with Gasteiger partial charge in [-0.3, -0.25) is 0 Å². The highest BCUT2D eigenvalue weighted by Gasteiger charge is 2.33. The number of nitrogens with one attached hydrogen (secondary N) is 1. The third-order valence-electron chi connectivity index (χ3n) is 4.29. The molecule has 1 unspecified atom stereocenters. The average molecular weight is 242 g/mol. The molecule has 2 fully saturated rings. The molecule has 2 saturated heterocycles. The van der Waals surface area contributed by atoms with Gasteiger partial charge in [-0.1, -0.05) is 0 Å². The molecule has 0 aromatic heterocycles. The standard InChI is InChI=1S/C13H26N2O2/c1-12(3-2-6-17-12)10-15-11-13(9-14)4-7-16-8-5-13/h15H,2-11,14H2,1H3. The van der Waals surface area contributed by atoms with Crippen molar-refractivity contribution in [1.29, 1.82) is 0 Å². The monoisotopic (exact) mass is 242 g/mol. The Morgan fingerprint density at radius 1 is 1.12 bits per heavy atom. The molecule has 0 amide bonds. The second-order valence-corrected chi connectivity index (χ2v) is 5.82. The highest BCUT2D eigenvalue weighted by atomic mass is 16.5. The number of nitrogens with two attached hydrogens (primary N) is 1. The highest BCUT2D eigenvalue weighted by molar-refractivity contribution is 4.88. The first-order valence-corrected chi connectivity index (χ1v) is 6.81. The van der Waals surface area contributed by atoms with Crippen molar-refractivity contribution in [3.05, 3.63) is 0 Å². The van der Waals surface area contributed by atoms with Crippen LogP contribution in [-0.2, 0) is 9.47 Å². The van der Waals surface area contributed by atoms with Crippen molar-refractivity contribution in [2.75, 3.05) is 39.5 Å². The zero-order valence-electron chi connectivity index (χ0n) is 11.0. The fourth-order valence-corrected chi connectivity index (χ4v) is 2.83. The first-order chi connectivity index (χ1) is 8.18. The molecule has 4 heteroatoms. The Morgan fingerprint density at radius 3 is 2.47 bits per heavy atom. The van der Waals surface area contributed by atoms with E-state index in [4.69, 9.17) is 15.2 Å². The molecule has 2 aliphatic heterocycles. The van der Waals surface area contributed by atoms with Gasteiger partial charge in [-0.05, 0) is 44.6 Å². The van der Waals surface area contributed by atoms with Crippen molar-refractivity contribution in [1.82, 2.24) is 5.32 Å². The van der Waals surface area contributed by atoms with E-state index < -0.39 is 0 Å². The summed E-state index contributed by atoms with van der Waals surface area (Å²) in [6, 6.07) is 0. The molecule has 2 heterocycles. The van der Waals surface area contributed by atoms with E-state index in [1.165, 1.54) is 12.8 Å². The van der Waals surface area contributed by atoms with Crippen LogP contribution in [0.3, 0.4) is 0 Å². The lowest BCUT2D eigenvalue weighted by Crippen LogP contribution is -2.47. The van der Waals surface area contributed by atoms with E-state index in [9.17, 15) is 0 Å². The molecule has 0 aromatic carbocycles. The summed E-state index contributed by atoms with van der Waals surface area (Å²) in [5, 5.41) is 3.57. The van der Waals surface area contributed by atoms with Crippen molar-refractivity contribution in [3.8, 4) is 0 Å². The summed E-state index contributed by atoms with van der Waals surface area (Å²) in [5.41, 5.74) is 6.22. The number of rotatable bonds is 5. The maximum Gasteiger partial charge on any atom is 0.0779 e. The van der Waals surface area contributed by atoms with Crippen LogP contribution >= 0.6 is 0 Å². The fraction of sp³-hybridized carbons (Fsp3) is 1.00. The van der Waals surface area contributed by atoms with Crippen molar-refractivity contribution < 1.29 is 9.47 Å². The van der Waals surface area contributed by atoms with Gasteiger partial charge >= 0.3 is 0 Å². The van der Waals surface area contributed by atoms with Crippen molar-refractivity contribution >= 4 is 0 Å². The van der Waals surface area contributed by atoms with Crippen molar-refractivity contribution in [2.24, 2.45) is 11.1 Å². The predicted molar refractivity (Wildman–Crippen MR) is 68.0 cm³/mol. The molecular formula is C13H26N2O2. The third kappa shape index (κ3) is 3.41. The fourth-order valence-electron chi connectivity index (χ4n) is 2.83. The average Bonchev–Trinajstić information content (AvgIpc) is 2.77. The van der Waals surface area contributed by atoms with Gasteiger partial charge in [0, 0.05) is 32.9 Å². The molecule has 2 aliphatic rings. The molecule has 0 aliphatic carbocycles. The van der Waals surface area contributed by atoms with Gasteiger partial charge in [-0.15, -0.1) is 0 Å². The molecule has 1 atom stereocenters. The lowest BCUT2D eigenvalue weighted by atomic mass is 9.80. The van der Waals surface area contributed by atoms with Crippen LogP contribution in [0.4, 0.5) is 0 Å². The Kier molecular flexibility index (Phi) is 4.42. The molecule has 3 N–H and O–H groups in total. The van der Waals surface area contributed by atoms with Crippen LogP contribution in [0.15, 0.2) is 0 Å². The SMILES string of the molecule is CC1(CNCC2(CN)CCOCC2)CCCO1. The summed E-state index contributed by atoms with van der Waals surface area (Å²) < 4.78 is 11.2. The van der Waals surface area contributed by atoms with E-state index in [-0.39, 0.29) is 11.0 Å². The molecule has 17 heavy (non-hydrogen) atoms. The van der Waals surface area contributed by atoms with Gasteiger partial charge < -0.3 is 20.5 Å². The van der Waals surface area contributed by atoms with Gasteiger partial charge in [0.05, 0.1) is 5.60 Å². The Labute approximate surface area is 104 Å². The first kappa shape index (κ1) is 13.3. The topological polar surface area (TPSA) is 56.5 Å². The molecule has 0 spiro atoms. The van der Waals surface area contributed by atoms with Crippen LogP contribution in [0.5, 0.6) is 0 Å². The van der Waals surface area contributed by atoms with Crippen LogP contribution in [0, 0.1) is 5.41 Å². The molecule has 0 aromatic rings. The van der Waals surface area contributed by atoms with Gasteiger partial charge in [0.1, 0.15) is 0 Å². The molecule has 0 saturated carbocycles. The number of hydrogen-bond donors (Lipinski definition) is 2. The van der Waals surface area contributed by atoms with Crippen LogP contribution in [0.25, 0.3) is 0 Å². The summed E-state index contributed by atoms with van der Waals surface area (Å²) in [6.07, 6.45) is 4.51. The van der Waals surface area contributed by atoms with Crippen LogP contribution in [0.2, 0.25) is 0 Å². The van der Waals surface area contributed by atoms with E-state index in [0.717, 1.165) is 52.3 Å². The molecule has 100 valence electrons. The van der Waals surface area contributed by atoms with Gasteiger partial charge in [0.15, 0.2) is 0 Å². The third-order valence-corrected chi connectivity index (χ3v) is 4.29. The Morgan fingerprint density at radius 2 is 1.88 bits per heavy atom. The minimum absolute atomic E-state index is 0.0426. The highest BCUT2D eigenvalue weighted by Crippen LogP contribution is 2.29. The number of hydrogen-bond acceptors (Lipinski definition) is 4. The summed E-state index contributed by atoms with van der Waals surface area (Å²) in [6.45, 7) is 7.50. The lowest BCUT2D eigenvalue weighted by molar-refractivity contribution is 0.00340. The largest absolute Gasteiger partial charge is 0.381 e. The van der Waals surface area contributed by atoms with Crippen molar-refractivity contribution in [3.63, 3.8) is 0 Å². The Hall–Kier alpha value is -0.160. The first-order valence-electron chi connectivity index (χ1n) is 6.81. The summed E-state index contributed by atoms with van der Waals surface area (Å²) in [4.78, 5) is 0. The summed E-state index contributed by atoms with van der Waals surface area (Å²) in [5.74, 6) is 0. The van der Waals surface area contributed by atoms with E-state index in [1.54, 1.807) is 0 Å². The summed E-state index contributed by atoms with van der Waals surface area (Å²) in [7, 11) is 0. The Balaban J connectivity index is 1.75. The van der Waals surface area contributed by atoms with Gasteiger partial charge in [-0.25, -0.2) is 0 Å². The van der Waals surface area contributed by atoms with Gasteiger partial charge in [0.2, 0.25) is 0 Å². The smallest absolute Gasteiger partial charge is 0.0779 e. The molecular weight excluding hydrogens is 216 g/mol. The molecule has 2 rings (SSSR count). The van der Waals surface area contributed by atoms with Crippen LogP contribution in [-0.4, -0.2) is 45.1 Å². The summed E-state index contributed by atoms with van der Waals surface area (Å²) >= 11 is 0. The second kappa shape index (κ2) is 5.65. The maximum atomic E-state index is 5.94. The van der Waals surface area contributed by atoms with E-state index in [2.05, 4.69) is 12.2 Å². The second-order valence-electron chi connectivity index (χ2n) is 5.82. The molecule has 4 nitrogen and oxygen atoms in total. The normalized spacial score (nSPS) is 32.8. The van der Waals surface area contributed by atoms with Crippen LogP contribution < -0.4 is 11.1 Å². The predicted octanol–water partition coefficient (Wildman–Crippen LogP) is 0.901. The maximum absolute atomic E-state index is 5.94. The molecule has 0 bridgehead atoms. The van der Waals surface area contributed by atoms with Crippen molar-refractivity contribution in [2.45, 2.75) is 38.2 Å². The number of ether oxygens (including phenoxy) is 2. The minimum atomic E-state index is 0.0426.